The Kier molecular flexibility index (Phi) is 7.23. The Bertz CT molecular complexity index is 878. The Morgan fingerprint density at radius 3 is 2.49 bits per heavy atom. The van der Waals surface area contributed by atoms with Crippen LogP contribution >= 0.6 is 0 Å². The maximum Gasteiger partial charge on any atom is 0.0580 e. The summed E-state index contributed by atoms with van der Waals surface area (Å²) < 4.78 is 0. The van der Waals surface area contributed by atoms with E-state index in [1.807, 2.05) is 12.1 Å². The minimum absolute atomic E-state index is 0.611. The highest BCUT2D eigenvalue weighted by Gasteiger charge is 2.60. The number of hydrogen-bond donors (Lipinski definition) is 2. The molecule has 0 heterocycles. The van der Waals surface area contributed by atoms with Gasteiger partial charge in [-0.05, 0) is 122 Å². The Morgan fingerprint density at radius 2 is 1.66 bits per heavy atom. The minimum Gasteiger partial charge on any atom is -0.397 e. The third-order valence-electron chi connectivity index (χ3n) is 12.5. The zero-order valence-corrected chi connectivity index (χ0v) is 23.3. The Labute approximate surface area is 216 Å². The fraction of sp³-hybridized carbons (Fsp3) is 0.818. The second kappa shape index (κ2) is 9.94. The van der Waals surface area contributed by atoms with Crippen LogP contribution in [-0.4, -0.2) is 0 Å². The van der Waals surface area contributed by atoms with Crippen molar-refractivity contribution in [2.75, 3.05) is 11.5 Å². The number of nitrogens with two attached hydrogens (primary N) is 2. The summed E-state index contributed by atoms with van der Waals surface area (Å²) in [5, 5.41) is 0. The van der Waals surface area contributed by atoms with E-state index in [2.05, 4.69) is 33.8 Å². The average Bonchev–Trinajstić information content (AvgIpc) is 3.19. The van der Waals surface area contributed by atoms with E-state index >= 15 is 0 Å². The summed E-state index contributed by atoms with van der Waals surface area (Å²) >= 11 is 0. The van der Waals surface area contributed by atoms with Crippen molar-refractivity contribution in [3.05, 3.63) is 23.8 Å². The van der Waals surface area contributed by atoms with E-state index in [0.717, 1.165) is 53.3 Å². The molecule has 9 atom stereocenters. The van der Waals surface area contributed by atoms with Crippen molar-refractivity contribution in [1.82, 2.24) is 0 Å². The summed E-state index contributed by atoms with van der Waals surface area (Å²) in [7, 11) is 0. The number of nitrogen functional groups attached to an aromatic ring is 2. The van der Waals surface area contributed by atoms with Crippen LogP contribution in [0.5, 0.6) is 0 Å². The molecule has 5 rings (SSSR count). The van der Waals surface area contributed by atoms with Crippen molar-refractivity contribution in [2.45, 2.75) is 118 Å². The lowest BCUT2D eigenvalue weighted by Gasteiger charge is -2.61. The molecule has 196 valence electrons. The van der Waals surface area contributed by atoms with Crippen molar-refractivity contribution in [2.24, 2.45) is 52.3 Å². The van der Waals surface area contributed by atoms with Gasteiger partial charge in [0.2, 0.25) is 0 Å². The van der Waals surface area contributed by atoms with E-state index in [-0.39, 0.29) is 0 Å². The van der Waals surface area contributed by atoms with Gasteiger partial charge in [0.05, 0.1) is 11.4 Å². The molecule has 4 saturated carbocycles. The van der Waals surface area contributed by atoms with Gasteiger partial charge in [0.25, 0.3) is 0 Å². The molecule has 0 aliphatic heterocycles. The molecule has 2 nitrogen and oxygen atoms in total. The highest BCUT2D eigenvalue weighted by Crippen LogP contribution is 2.68. The highest BCUT2D eigenvalue weighted by molar-refractivity contribution is 5.67. The van der Waals surface area contributed by atoms with Gasteiger partial charge in [-0.2, -0.15) is 0 Å². The predicted octanol–water partition coefficient (Wildman–Crippen LogP) is 8.89. The van der Waals surface area contributed by atoms with E-state index in [9.17, 15) is 0 Å². The molecule has 1 aromatic rings. The van der Waals surface area contributed by atoms with Crippen LogP contribution in [0.25, 0.3) is 0 Å². The van der Waals surface area contributed by atoms with Crippen molar-refractivity contribution >= 4 is 11.4 Å². The maximum atomic E-state index is 6.23. The normalized spacial score (nSPS) is 40.4. The second-order valence-electron chi connectivity index (χ2n) is 14.3. The van der Waals surface area contributed by atoms with Gasteiger partial charge < -0.3 is 11.5 Å². The van der Waals surface area contributed by atoms with Crippen LogP contribution < -0.4 is 11.5 Å². The molecule has 2 heteroatoms. The fourth-order valence-corrected chi connectivity index (χ4v) is 10.5. The average molecular weight is 479 g/mol. The summed E-state index contributed by atoms with van der Waals surface area (Å²) in [6, 6.07) is 6.11. The van der Waals surface area contributed by atoms with Gasteiger partial charge in [-0.25, -0.2) is 0 Å². The van der Waals surface area contributed by atoms with E-state index in [4.69, 9.17) is 11.5 Å². The largest absolute Gasteiger partial charge is 0.397 e. The Morgan fingerprint density at radius 1 is 0.857 bits per heavy atom. The maximum absolute atomic E-state index is 6.23. The van der Waals surface area contributed by atoms with Gasteiger partial charge in [-0.1, -0.05) is 71.9 Å². The van der Waals surface area contributed by atoms with Crippen LogP contribution in [0.4, 0.5) is 11.4 Å². The second-order valence-corrected chi connectivity index (χ2v) is 14.3. The van der Waals surface area contributed by atoms with Gasteiger partial charge in [0.1, 0.15) is 0 Å². The van der Waals surface area contributed by atoms with E-state index in [1.165, 1.54) is 76.2 Å². The van der Waals surface area contributed by atoms with Crippen molar-refractivity contribution in [3.63, 3.8) is 0 Å². The van der Waals surface area contributed by atoms with Crippen LogP contribution in [0.1, 0.15) is 117 Å². The smallest absolute Gasteiger partial charge is 0.0580 e. The monoisotopic (exact) mass is 478 g/mol. The van der Waals surface area contributed by atoms with E-state index in [1.54, 1.807) is 12.8 Å². The molecule has 2 unspecified atom stereocenters. The zero-order valence-electron chi connectivity index (χ0n) is 23.3. The van der Waals surface area contributed by atoms with Crippen LogP contribution in [0.15, 0.2) is 18.2 Å². The fourth-order valence-electron chi connectivity index (χ4n) is 10.5. The summed E-state index contributed by atoms with van der Waals surface area (Å²) in [6.07, 6.45) is 20.3. The van der Waals surface area contributed by atoms with Crippen LogP contribution in [-0.2, 0) is 6.42 Å². The van der Waals surface area contributed by atoms with Gasteiger partial charge in [0, 0.05) is 0 Å². The number of fused-ring (bicyclic) bond motifs is 5. The molecule has 0 amide bonds. The highest BCUT2D eigenvalue weighted by atomic mass is 14.7. The third kappa shape index (κ3) is 4.54. The van der Waals surface area contributed by atoms with Crippen molar-refractivity contribution in [3.8, 4) is 0 Å². The zero-order chi connectivity index (χ0) is 24.8. The first-order valence-electron chi connectivity index (χ1n) is 15.4. The van der Waals surface area contributed by atoms with Crippen LogP contribution in [0.2, 0.25) is 0 Å². The van der Waals surface area contributed by atoms with E-state index in [0.29, 0.717) is 16.7 Å². The number of rotatable bonds is 7. The molecule has 4 N–H and O–H groups in total. The number of benzene rings is 1. The van der Waals surface area contributed by atoms with Crippen LogP contribution in [0, 0.1) is 52.3 Å². The molecule has 4 aliphatic rings. The lowest BCUT2D eigenvalue weighted by molar-refractivity contribution is -0.114. The molecule has 35 heavy (non-hydrogen) atoms. The minimum atomic E-state index is 0.611. The van der Waals surface area contributed by atoms with Gasteiger partial charge in [-0.3, -0.25) is 0 Å². The molecule has 0 spiro atoms. The molecule has 1 aromatic carbocycles. The first-order valence-corrected chi connectivity index (χ1v) is 15.4. The summed E-state index contributed by atoms with van der Waals surface area (Å²) in [4.78, 5) is 0. The van der Waals surface area contributed by atoms with Crippen molar-refractivity contribution in [1.29, 1.82) is 0 Å². The molecule has 0 radical (unpaired) electrons. The molecule has 0 bridgehead atoms. The number of hydrogen-bond acceptors (Lipinski definition) is 2. The quantitative estimate of drug-likeness (QED) is 0.384. The van der Waals surface area contributed by atoms with Crippen molar-refractivity contribution < 1.29 is 0 Å². The van der Waals surface area contributed by atoms with E-state index < -0.39 is 0 Å². The SMILES string of the molecule is CC(CCC[C@@H](C)[C@H]1CC[C@H]2[C@@H]3CCC4CCCC[C@]4(C)[C@H]3CC[C@]12C)Cc1cccc(N)c1N. The topological polar surface area (TPSA) is 52.0 Å². The van der Waals surface area contributed by atoms with Gasteiger partial charge in [-0.15, -0.1) is 0 Å². The Balaban J connectivity index is 1.16. The molecule has 0 saturated heterocycles. The van der Waals surface area contributed by atoms with Gasteiger partial charge in [0.15, 0.2) is 0 Å². The first-order chi connectivity index (χ1) is 16.7. The number of para-hydroxylation sites is 1. The Hall–Kier alpha value is -1.18. The molecule has 4 fully saturated rings. The third-order valence-corrected chi connectivity index (χ3v) is 12.5. The summed E-state index contributed by atoms with van der Waals surface area (Å²) in [5.41, 5.74) is 16.3. The lowest BCUT2D eigenvalue weighted by Crippen LogP contribution is -2.53. The first kappa shape index (κ1) is 25.5. The molecule has 4 aliphatic carbocycles. The molecule has 0 aromatic heterocycles. The summed E-state index contributed by atoms with van der Waals surface area (Å²) in [6.45, 7) is 10.5. The summed E-state index contributed by atoms with van der Waals surface area (Å²) in [5.74, 6) is 6.61. The van der Waals surface area contributed by atoms with Gasteiger partial charge >= 0.3 is 0 Å². The molecular weight excluding hydrogens is 424 g/mol. The molecular formula is C33H54N2. The predicted molar refractivity (Wildman–Crippen MR) is 151 cm³/mol. The standard InChI is InChI=1S/C33H54N2/c1-22(21-24-11-8-13-30(34)31(24)35)9-7-10-23(2)27-16-17-28-26-15-14-25-12-5-6-19-32(25,3)29(26)18-20-33(27,28)4/h8,11,13,22-23,25-29H,5-7,9-10,12,14-21,34-35H2,1-4H3/t22?,23-,25?,26+,27-,28+,29+,32+,33-/m1/s1. The lowest BCUT2D eigenvalue weighted by atomic mass is 9.44. The number of anilines is 2. The van der Waals surface area contributed by atoms with Crippen LogP contribution in [0.3, 0.4) is 0 Å².